The Morgan fingerprint density at radius 2 is 2.00 bits per heavy atom. The number of aromatic nitrogens is 3. The maximum atomic E-state index is 10.3. The lowest BCUT2D eigenvalue weighted by atomic mass is 10.0. The second-order valence-electron chi connectivity index (χ2n) is 3.85. The van der Waals surface area contributed by atoms with Gasteiger partial charge >= 0.3 is 0 Å². The molecule has 1 heterocycles. The maximum absolute atomic E-state index is 10.3. The van der Waals surface area contributed by atoms with Gasteiger partial charge < -0.3 is 5.11 Å². The Hall–Kier alpha value is -0.720. The first-order chi connectivity index (χ1) is 7.99. The average Bonchev–Trinajstić information content (AvgIpc) is 2.56. The monoisotopic (exact) mass is 359 g/mol. The van der Waals surface area contributed by atoms with E-state index in [-0.39, 0.29) is 0 Å². The van der Waals surface area contributed by atoms with Crippen LogP contribution in [0.15, 0.2) is 27.3 Å². The van der Waals surface area contributed by atoms with Gasteiger partial charge in [0.25, 0.3) is 0 Å². The largest absolute Gasteiger partial charge is 0.382 e. The van der Waals surface area contributed by atoms with Crippen LogP contribution in [0.5, 0.6) is 0 Å². The molecule has 1 aromatic heterocycles. The lowest BCUT2D eigenvalue weighted by Crippen LogP contribution is -2.07. The molecule has 0 aliphatic carbocycles. The highest BCUT2D eigenvalue weighted by atomic mass is 79.9. The van der Waals surface area contributed by atoms with Crippen molar-refractivity contribution in [3.8, 4) is 0 Å². The first-order valence-electron chi connectivity index (χ1n) is 4.99. The first kappa shape index (κ1) is 12.7. The highest BCUT2D eigenvalue weighted by Gasteiger charge is 2.19. The zero-order chi connectivity index (χ0) is 12.6. The molecule has 0 saturated heterocycles. The number of hydrogen-bond donors (Lipinski definition) is 1. The van der Waals surface area contributed by atoms with Gasteiger partial charge in [-0.15, -0.1) is 5.10 Å². The number of aliphatic hydroxyl groups is 1. The van der Waals surface area contributed by atoms with E-state index < -0.39 is 6.10 Å². The molecular formula is C11H11Br2N3O. The van der Waals surface area contributed by atoms with Gasteiger partial charge in [-0.1, -0.05) is 27.2 Å². The molecular weight excluding hydrogens is 350 g/mol. The van der Waals surface area contributed by atoms with E-state index in [0.717, 1.165) is 15.6 Å². The van der Waals surface area contributed by atoms with Gasteiger partial charge in [0, 0.05) is 11.5 Å². The van der Waals surface area contributed by atoms with Crippen LogP contribution in [0.2, 0.25) is 0 Å². The smallest absolute Gasteiger partial charge is 0.154 e. The van der Waals surface area contributed by atoms with Gasteiger partial charge in [0.15, 0.2) is 4.60 Å². The minimum absolute atomic E-state index is 0.560. The molecule has 2 rings (SSSR count). The quantitative estimate of drug-likeness (QED) is 0.895. The number of hydrogen-bond acceptors (Lipinski definition) is 3. The lowest BCUT2D eigenvalue weighted by Gasteiger charge is -2.12. The Morgan fingerprint density at radius 3 is 2.53 bits per heavy atom. The van der Waals surface area contributed by atoms with Crippen LogP contribution in [0.1, 0.15) is 22.9 Å². The topological polar surface area (TPSA) is 50.9 Å². The fraction of sp³-hybridized carbons (Fsp3) is 0.273. The van der Waals surface area contributed by atoms with Crippen LogP contribution in [0.3, 0.4) is 0 Å². The molecule has 6 heteroatoms. The van der Waals surface area contributed by atoms with Gasteiger partial charge in [0.05, 0.1) is 0 Å². The number of nitrogens with zero attached hydrogens (tertiary/aromatic N) is 3. The highest BCUT2D eigenvalue weighted by Crippen LogP contribution is 2.28. The first-order valence-corrected chi connectivity index (χ1v) is 6.58. The summed E-state index contributed by atoms with van der Waals surface area (Å²) in [6.07, 6.45) is -0.749. The Bertz CT molecular complexity index is 514. The Balaban J connectivity index is 2.47. The Morgan fingerprint density at radius 1 is 1.29 bits per heavy atom. The summed E-state index contributed by atoms with van der Waals surface area (Å²) in [5, 5.41) is 18.1. The van der Waals surface area contributed by atoms with Gasteiger partial charge in [0.2, 0.25) is 0 Å². The van der Waals surface area contributed by atoms with Crippen molar-refractivity contribution in [3.05, 3.63) is 44.1 Å². The number of benzene rings is 1. The van der Waals surface area contributed by atoms with E-state index >= 15 is 0 Å². The minimum Gasteiger partial charge on any atom is -0.382 e. The predicted octanol–water partition coefficient (Wildman–Crippen LogP) is 2.73. The van der Waals surface area contributed by atoms with Crippen LogP contribution in [0.4, 0.5) is 0 Å². The maximum Gasteiger partial charge on any atom is 0.154 e. The molecule has 4 nitrogen and oxygen atoms in total. The van der Waals surface area contributed by atoms with Crippen molar-refractivity contribution in [2.24, 2.45) is 7.05 Å². The third-order valence-electron chi connectivity index (χ3n) is 2.47. The third-order valence-corrected chi connectivity index (χ3v) is 3.49. The second kappa shape index (κ2) is 4.88. The predicted molar refractivity (Wildman–Crippen MR) is 71.6 cm³/mol. The lowest BCUT2D eigenvalue weighted by molar-refractivity contribution is 0.209. The van der Waals surface area contributed by atoms with Gasteiger partial charge in [-0.05, 0) is 46.1 Å². The Labute approximate surface area is 116 Å². The molecule has 1 aromatic carbocycles. The normalized spacial score (nSPS) is 12.8. The second-order valence-corrected chi connectivity index (χ2v) is 5.52. The third kappa shape index (κ3) is 2.59. The summed E-state index contributed by atoms with van der Waals surface area (Å²) in [7, 11) is 1.75. The minimum atomic E-state index is -0.749. The van der Waals surface area contributed by atoms with Crippen molar-refractivity contribution in [2.75, 3.05) is 0 Å². The van der Waals surface area contributed by atoms with Crippen LogP contribution in [-0.4, -0.2) is 20.1 Å². The van der Waals surface area contributed by atoms with Crippen LogP contribution in [0, 0.1) is 6.92 Å². The number of aliphatic hydroxyl groups excluding tert-OH is 1. The van der Waals surface area contributed by atoms with Crippen molar-refractivity contribution < 1.29 is 5.11 Å². The molecule has 0 saturated carbocycles. The van der Waals surface area contributed by atoms with Gasteiger partial charge in [0.1, 0.15) is 11.8 Å². The molecule has 90 valence electrons. The fourth-order valence-electron chi connectivity index (χ4n) is 1.71. The van der Waals surface area contributed by atoms with Crippen molar-refractivity contribution in [1.29, 1.82) is 0 Å². The van der Waals surface area contributed by atoms with Crippen molar-refractivity contribution in [3.63, 3.8) is 0 Å². The van der Waals surface area contributed by atoms with Gasteiger partial charge in [-0.25, -0.2) is 4.68 Å². The molecule has 1 unspecified atom stereocenters. The fourth-order valence-corrected chi connectivity index (χ4v) is 2.88. The molecule has 1 atom stereocenters. The zero-order valence-corrected chi connectivity index (χ0v) is 12.5. The SMILES string of the molecule is Cc1cc(Br)cc(C(O)c2c(Br)nnn2C)c1. The Kier molecular flexibility index (Phi) is 3.65. The molecule has 0 spiro atoms. The van der Waals surface area contributed by atoms with E-state index in [9.17, 15) is 5.11 Å². The number of aryl methyl sites for hydroxylation is 2. The summed E-state index contributed by atoms with van der Waals surface area (Å²) in [6, 6.07) is 5.82. The molecule has 0 radical (unpaired) electrons. The molecule has 0 aliphatic rings. The summed E-state index contributed by atoms with van der Waals surface area (Å²) >= 11 is 6.71. The van der Waals surface area contributed by atoms with Gasteiger partial charge in [-0.3, -0.25) is 0 Å². The summed E-state index contributed by atoms with van der Waals surface area (Å²) in [5.74, 6) is 0. The van der Waals surface area contributed by atoms with Crippen LogP contribution >= 0.6 is 31.9 Å². The number of halogens is 2. The molecule has 1 N–H and O–H groups in total. The summed E-state index contributed by atoms with van der Waals surface area (Å²) in [6.45, 7) is 1.98. The molecule has 17 heavy (non-hydrogen) atoms. The highest BCUT2D eigenvalue weighted by molar-refractivity contribution is 9.10. The average molecular weight is 361 g/mol. The standard InChI is InChI=1S/C11H11Br2N3O/c1-6-3-7(5-8(12)4-6)10(17)9-11(13)14-15-16(9)2/h3-5,10,17H,1-2H3. The summed E-state index contributed by atoms with van der Waals surface area (Å²) in [4.78, 5) is 0. The molecule has 0 fully saturated rings. The summed E-state index contributed by atoms with van der Waals surface area (Å²) < 4.78 is 3.06. The number of rotatable bonds is 2. The van der Waals surface area contributed by atoms with Crippen LogP contribution in [0.25, 0.3) is 0 Å². The van der Waals surface area contributed by atoms with E-state index in [2.05, 4.69) is 42.2 Å². The van der Waals surface area contributed by atoms with Crippen molar-refractivity contribution in [2.45, 2.75) is 13.0 Å². The van der Waals surface area contributed by atoms with Gasteiger partial charge in [-0.2, -0.15) is 0 Å². The van der Waals surface area contributed by atoms with Crippen molar-refractivity contribution >= 4 is 31.9 Å². The van der Waals surface area contributed by atoms with Crippen LogP contribution in [-0.2, 0) is 7.05 Å². The molecule has 2 aromatic rings. The van der Waals surface area contributed by atoms with E-state index in [1.54, 1.807) is 11.7 Å². The van der Waals surface area contributed by atoms with E-state index in [0.29, 0.717) is 10.3 Å². The molecule has 0 amide bonds. The summed E-state index contributed by atoms with van der Waals surface area (Å²) in [5.41, 5.74) is 2.53. The van der Waals surface area contributed by atoms with E-state index in [1.165, 1.54) is 0 Å². The zero-order valence-electron chi connectivity index (χ0n) is 9.35. The molecule has 0 aliphatic heterocycles. The van der Waals surface area contributed by atoms with Crippen LogP contribution < -0.4 is 0 Å². The van der Waals surface area contributed by atoms with Crippen molar-refractivity contribution in [1.82, 2.24) is 15.0 Å². The van der Waals surface area contributed by atoms with E-state index in [1.807, 2.05) is 25.1 Å². The molecule has 0 bridgehead atoms. The van der Waals surface area contributed by atoms with E-state index in [4.69, 9.17) is 0 Å².